The zero-order chi connectivity index (χ0) is 13.5. The van der Waals surface area contributed by atoms with E-state index in [-0.39, 0.29) is 19.1 Å². The molecule has 0 atom stereocenters. The molecule has 0 aliphatic heterocycles. The Balaban J connectivity index is 1.89. The number of anilines is 1. The molecular weight excluding hydrogens is 266 g/mol. The van der Waals surface area contributed by atoms with Gasteiger partial charge >= 0.3 is 0 Å². The Morgan fingerprint density at radius 2 is 2.47 bits per heavy atom. The van der Waals surface area contributed by atoms with Gasteiger partial charge in [0.15, 0.2) is 5.13 Å². The Hall–Kier alpha value is -2.24. The Bertz CT molecular complexity index is 596. The van der Waals surface area contributed by atoms with E-state index in [0.717, 1.165) is 4.88 Å². The van der Waals surface area contributed by atoms with Gasteiger partial charge < -0.3 is 10.4 Å². The number of hydrogen-bond donors (Lipinski definition) is 2. The minimum atomic E-state index is -0.227. The second-order valence-electron chi connectivity index (χ2n) is 3.45. The Morgan fingerprint density at radius 1 is 1.58 bits per heavy atom. The fourth-order valence-electron chi connectivity index (χ4n) is 1.22. The smallest absolute Gasteiger partial charge is 0.247 e. The number of thiazole rings is 1. The Labute approximate surface area is 113 Å². The van der Waals surface area contributed by atoms with Crippen LogP contribution in [0.1, 0.15) is 11.3 Å². The Morgan fingerprint density at radius 3 is 3.21 bits per heavy atom. The molecule has 0 saturated carbocycles. The molecule has 19 heavy (non-hydrogen) atoms. The molecule has 0 aliphatic rings. The standard InChI is InChI=1S/C11H11N5O2S/c17-6-2-1-3-9-7-12-11(19-9)14-10(18)8-16-5-4-13-15-16/h4-5,7,17H,2,6,8H2,(H,12,14,18). The highest BCUT2D eigenvalue weighted by molar-refractivity contribution is 7.16. The van der Waals surface area contributed by atoms with Crippen molar-refractivity contribution in [1.82, 2.24) is 20.0 Å². The van der Waals surface area contributed by atoms with E-state index in [9.17, 15) is 4.79 Å². The van der Waals surface area contributed by atoms with Crippen LogP contribution in [0, 0.1) is 11.8 Å². The van der Waals surface area contributed by atoms with E-state index < -0.39 is 0 Å². The maximum atomic E-state index is 11.6. The molecular formula is C11H11N5O2S. The third kappa shape index (κ3) is 4.17. The van der Waals surface area contributed by atoms with Crippen LogP contribution in [0.25, 0.3) is 0 Å². The maximum absolute atomic E-state index is 11.6. The fourth-order valence-corrected chi connectivity index (χ4v) is 1.93. The summed E-state index contributed by atoms with van der Waals surface area (Å²) < 4.78 is 1.42. The summed E-state index contributed by atoms with van der Waals surface area (Å²) in [7, 11) is 0. The molecule has 0 fully saturated rings. The number of nitrogens with one attached hydrogen (secondary N) is 1. The summed E-state index contributed by atoms with van der Waals surface area (Å²) in [6.45, 7) is 0.123. The first kappa shape index (κ1) is 13.2. The van der Waals surface area contributed by atoms with Crippen molar-refractivity contribution in [3.63, 3.8) is 0 Å². The lowest BCUT2D eigenvalue weighted by Gasteiger charge is -2.00. The van der Waals surface area contributed by atoms with E-state index in [1.807, 2.05) is 0 Å². The molecule has 0 saturated heterocycles. The van der Waals surface area contributed by atoms with Gasteiger partial charge in [0.05, 0.1) is 23.9 Å². The number of hydrogen-bond acceptors (Lipinski definition) is 6. The van der Waals surface area contributed by atoms with E-state index in [1.54, 1.807) is 12.4 Å². The van der Waals surface area contributed by atoms with Crippen LogP contribution >= 0.6 is 11.3 Å². The van der Waals surface area contributed by atoms with E-state index >= 15 is 0 Å². The van der Waals surface area contributed by atoms with E-state index in [4.69, 9.17) is 5.11 Å². The molecule has 98 valence electrons. The fraction of sp³-hybridized carbons (Fsp3) is 0.273. The first-order valence-electron chi connectivity index (χ1n) is 5.47. The lowest BCUT2D eigenvalue weighted by atomic mass is 10.4. The quantitative estimate of drug-likeness (QED) is 0.774. The van der Waals surface area contributed by atoms with Crippen LogP contribution in [0.3, 0.4) is 0 Å². The molecule has 0 radical (unpaired) electrons. The van der Waals surface area contributed by atoms with E-state index in [0.29, 0.717) is 11.6 Å². The topological polar surface area (TPSA) is 92.9 Å². The first-order chi connectivity index (χ1) is 9.28. The van der Waals surface area contributed by atoms with Gasteiger partial charge in [-0.3, -0.25) is 4.79 Å². The second-order valence-corrected chi connectivity index (χ2v) is 4.48. The van der Waals surface area contributed by atoms with Gasteiger partial charge in [0.25, 0.3) is 0 Å². The molecule has 2 heterocycles. The van der Waals surface area contributed by atoms with Gasteiger partial charge in [0.1, 0.15) is 6.54 Å². The van der Waals surface area contributed by atoms with Crippen molar-refractivity contribution in [1.29, 1.82) is 0 Å². The molecule has 0 unspecified atom stereocenters. The molecule has 7 nitrogen and oxygen atoms in total. The molecule has 0 spiro atoms. The van der Waals surface area contributed by atoms with Crippen molar-refractivity contribution in [2.24, 2.45) is 0 Å². The van der Waals surface area contributed by atoms with Crippen molar-refractivity contribution in [2.75, 3.05) is 11.9 Å². The highest BCUT2D eigenvalue weighted by Gasteiger charge is 2.06. The van der Waals surface area contributed by atoms with Crippen molar-refractivity contribution < 1.29 is 9.90 Å². The number of aliphatic hydroxyl groups excluding tert-OH is 1. The van der Waals surface area contributed by atoms with Crippen LogP contribution in [0.4, 0.5) is 5.13 Å². The predicted octanol–water partition coefficient (Wildman–Crippen LogP) is 0.107. The van der Waals surface area contributed by atoms with Crippen LogP contribution in [-0.2, 0) is 11.3 Å². The number of aromatic nitrogens is 4. The van der Waals surface area contributed by atoms with Gasteiger partial charge in [0.2, 0.25) is 5.91 Å². The molecule has 0 aromatic carbocycles. The van der Waals surface area contributed by atoms with E-state index in [2.05, 4.69) is 32.5 Å². The molecule has 8 heteroatoms. The summed E-state index contributed by atoms with van der Waals surface area (Å²) in [5.74, 6) is 5.41. The van der Waals surface area contributed by atoms with Crippen molar-refractivity contribution in [3.05, 3.63) is 23.5 Å². The number of nitrogens with zero attached hydrogens (tertiary/aromatic N) is 4. The lowest BCUT2D eigenvalue weighted by molar-refractivity contribution is -0.116. The molecule has 2 rings (SSSR count). The number of aliphatic hydroxyl groups is 1. The van der Waals surface area contributed by atoms with Crippen LogP contribution in [-0.4, -0.2) is 37.6 Å². The van der Waals surface area contributed by atoms with Gasteiger partial charge in [-0.15, -0.1) is 5.10 Å². The molecule has 1 amide bonds. The summed E-state index contributed by atoms with van der Waals surface area (Å²) in [5, 5.41) is 19.0. The third-order valence-corrected chi connectivity index (χ3v) is 2.81. The molecule has 0 bridgehead atoms. The van der Waals surface area contributed by atoms with Gasteiger partial charge in [-0.05, 0) is 0 Å². The van der Waals surface area contributed by atoms with Crippen molar-refractivity contribution in [3.8, 4) is 11.8 Å². The lowest BCUT2D eigenvalue weighted by Crippen LogP contribution is -2.18. The van der Waals surface area contributed by atoms with Gasteiger partial charge in [-0.1, -0.05) is 28.4 Å². The zero-order valence-corrected chi connectivity index (χ0v) is 10.7. The van der Waals surface area contributed by atoms with Crippen LogP contribution in [0.5, 0.6) is 0 Å². The van der Waals surface area contributed by atoms with Gasteiger partial charge in [-0.2, -0.15) is 0 Å². The van der Waals surface area contributed by atoms with Crippen LogP contribution in [0.15, 0.2) is 18.6 Å². The van der Waals surface area contributed by atoms with Gasteiger partial charge in [0, 0.05) is 12.6 Å². The number of carbonyl (C=O) groups is 1. The molecule has 2 aromatic rings. The normalized spacial score (nSPS) is 9.74. The molecule has 2 aromatic heterocycles. The SMILES string of the molecule is O=C(Cn1ccnn1)Nc1ncc(C#CCCO)s1. The second kappa shape index (κ2) is 6.63. The highest BCUT2D eigenvalue weighted by atomic mass is 32.1. The van der Waals surface area contributed by atoms with Crippen molar-refractivity contribution in [2.45, 2.75) is 13.0 Å². The minimum absolute atomic E-state index is 0.0350. The average molecular weight is 277 g/mol. The van der Waals surface area contributed by atoms with Crippen molar-refractivity contribution >= 4 is 22.4 Å². The minimum Gasteiger partial charge on any atom is -0.395 e. The number of carbonyl (C=O) groups excluding carboxylic acids is 1. The summed E-state index contributed by atoms with van der Waals surface area (Å²) in [6.07, 6.45) is 5.12. The number of rotatable bonds is 4. The number of amides is 1. The summed E-state index contributed by atoms with van der Waals surface area (Å²) in [5.41, 5.74) is 0. The van der Waals surface area contributed by atoms with E-state index in [1.165, 1.54) is 22.2 Å². The zero-order valence-electron chi connectivity index (χ0n) is 9.91. The summed E-state index contributed by atoms with van der Waals surface area (Å²) >= 11 is 1.28. The van der Waals surface area contributed by atoms with Crippen LogP contribution < -0.4 is 5.32 Å². The average Bonchev–Trinajstić information content (AvgIpc) is 3.02. The first-order valence-corrected chi connectivity index (χ1v) is 6.29. The Kier molecular flexibility index (Phi) is 4.60. The monoisotopic (exact) mass is 277 g/mol. The van der Waals surface area contributed by atoms with Gasteiger partial charge in [-0.25, -0.2) is 9.67 Å². The van der Waals surface area contributed by atoms with Crippen LogP contribution in [0.2, 0.25) is 0 Å². The molecule has 0 aliphatic carbocycles. The predicted molar refractivity (Wildman–Crippen MR) is 69.3 cm³/mol. The molecule has 2 N–H and O–H groups in total. The summed E-state index contributed by atoms with van der Waals surface area (Å²) in [6, 6.07) is 0. The highest BCUT2D eigenvalue weighted by Crippen LogP contribution is 2.16. The maximum Gasteiger partial charge on any atom is 0.247 e. The third-order valence-electron chi connectivity index (χ3n) is 1.98. The summed E-state index contributed by atoms with van der Waals surface area (Å²) in [4.78, 5) is 16.4. The largest absolute Gasteiger partial charge is 0.395 e.